The van der Waals surface area contributed by atoms with E-state index in [1.807, 2.05) is 12.1 Å². The summed E-state index contributed by atoms with van der Waals surface area (Å²) in [5.74, 6) is 0. The first-order valence-corrected chi connectivity index (χ1v) is 18.4. The summed E-state index contributed by atoms with van der Waals surface area (Å²) >= 11 is 0. The predicted molar refractivity (Wildman–Crippen MR) is 222 cm³/mol. The Morgan fingerprint density at radius 3 is 1.45 bits per heavy atom. The van der Waals surface area contributed by atoms with Crippen LogP contribution in [0.1, 0.15) is 25.0 Å². The van der Waals surface area contributed by atoms with Crippen LogP contribution in [0.25, 0.3) is 110 Å². The lowest BCUT2D eigenvalue weighted by Gasteiger charge is -2.23. The smallest absolute Gasteiger partial charge is 0.179 e. The SMILES string of the molecule is CC1(C)c2ccccc2-c2ccc(-c3c4ccccc4c(-c4ccc5oc6c7oc8ccccc8c7c7ccccc7c6c5c4)c4ccccc34)cc21. The highest BCUT2D eigenvalue weighted by Crippen LogP contribution is 2.52. The molecule has 0 saturated carbocycles. The molecule has 2 heteroatoms. The Morgan fingerprint density at radius 1 is 0.358 bits per heavy atom. The summed E-state index contributed by atoms with van der Waals surface area (Å²) in [6, 6.07) is 57.5. The van der Waals surface area contributed by atoms with Crippen LogP contribution in [0.4, 0.5) is 0 Å². The Labute approximate surface area is 305 Å². The lowest BCUT2D eigenvalue weighted by molar-refractivity contribution is 0.633. The number of fused-ring (bicyclic) bond motifs is 15. The van der Waals surface area contributed by atoms with Crippen molar-refractivity contribution in [1.82, 2.24) is 0 Å². The van der Waals surface area contributed by atoms with Crippen molar-refractivity contribution >= 4 is 76.2 Å². The normalized spacial score (nSPS) is 13.6. The van der Waals surface area contributed by atoms with Crippen LogP contribution in [0.5, 0.6) is 0 Å². The molecule has 0 N–H and O–H groups in total. The predicted octanol–water partition coefficient (Wildman–Crippen LogP) is 14.6. The molecule has 248 valence electrons. The molecule has 2 nitrogen and oxygen atoms in total. The molecular weight excluding hydrogens is 645 g/mol. The van der Waals surface area contributed by atoms with Crippen LogP contribution >= 0.6 is 0 Å². The van der Waals surface area contributed by atoms with Gasteiger partial charge in [0.2, 0.25) is 0 Å². The van der Waals surface area contributed by atoms with Crippen LogP contribution in [0.3, 0.4) is 0 Å². The maximum atomic E-state index is 6.73. The van der Waals surface area contributed by atoms with Crippen LogP contribution in [-0.4, -0.2) is 0 Å². The third-order valence-electron chi connectivity index (χ3n) is 12.0. The average molecular weight is 677 g/mol. The number of hydrogen-bond donors (Lipinski definition) is 0. The van der Waals surface area contributed by atoms with E-state index in [1.165, 1.54) is 76.8 Å². The second kappa shape index (κ2) is 10.2. The zero-order valence-corrected chi connectivity index (χ0v) is 29.3. The molecule has 0 aliphatic heterocycles. The summed E-state index contributed by atoms with van der Waals surface area (Å²) in [5, 5.41) is 11.7. The molecule has 0 atom stereocenters. The molecule has 12 rings (SSSR count). The van der Waals surface area contributed by atoms with Gasteiger partial charge in [0.25, 0.3) is 0 Å². The minimum absolute atomic E-state index is 0.0750. The monoisotopic (exact) mass is 676 g/mol. The molecule has 2 heterocycles. The van der Waals surface area contributed by atoms with Gasteiger partial charge >= 0.3 is 0 Å². The van der Waals surface area contributed by atoms with Crippen molar-refractivity contribution in [3.8, 4) is 33.4 Å². The zero-order valence-electron chi connectivity index (χ0n) is 29.3. The van der Waals surface area contributed by atoms with E-state index in [2.05, 4.69) is 159 Å². The molecule has 1 aliphatic rings. The van der Waals surface area contributed by atoms with E-state index in [0.717, 1.165) is 43.9 Å². The fourth-order valence-electron chi connectivity index (χ4n) is 9.68. The molecule has 2 aromatic heterocycles. The molecule has 0 amide bonds. The third kappa shape index (κ3) is 3.77. The van der Waals surface area contributed by atoms with Crippen LogP contribution in [0.2, 0.25) is 0 Å². The Bertz CT molecular complexity index is 3310. The number of hydrogen-bond acceptors (Lipinski definition) is 2. The zero-order chi connectivity index (χ0) is 35.0. The standard InChI is InChI=1S/C51H32O2/c1-51(2)41-21-11-9-13-31(41)32-25-23-30(28-42(32)51)46-35-16-5-3-14-33(35)45(34-15-4-6-17-36(34)46)29-24-26-44-40(27-29)48-38-19-8-7-18-37(38)47-39-20-10-12-22-43(39)52-49(47)50(48)53-44/h3-28H,1-2H3. The third-order valence-corrected chi connectivity index (χ3v) is 12.0. The van der Waals surface area contributed by atoms with Crippen molar-refractivity contribution in [1.29, 1.82) is 0 Å². The Kier molecular flexibility index (Phi) is 5.60. The Hall–Kier alpha value is -6.64. The summed E-state index contributed by atoms with van der Waals surface area (Å²) in [4.78, 5) is 0. The van der Waals surface area contributed by atoms with Crippen molar-refractivity contribution in [3.63, 3.8) is 0 Å². The molecule has 53 heavy (non-hydrogen) atoms. The fourth-order valence-corrected chi connectivity index (χ4v) is 9.68. The molecule has 0 unspecified atom stereocenters. The van der Waals surface area contributed by atoms with E-state index in [4.69, 9.17) is 8.83 Å². The van der Waals surface area contributed by atoms with Gasteiger partial charge in [-0.3, -0.25) is 0 Å². The molecule has 11 aromatic rings. The summed E-state index contributed by atoms with van der Waals surface area (Å²) < 4.78 is 13.3. The van der Waals surface area contributed by atoms with Crippen molar-refractivity contribution in [2.24, 2.45) is 0 Å². The number of furan rings is 2. The van der Waals surface area contributed by atoms with Gasteiger partial charge in [-0.2, -0.15) is 0 Å². The largest absolute Gasteiger partial charge is 0.452 e. The molecule has 0 bridgehead atoms. The van der Waals surface area contributed by atoms with Crippen molar-refractivity contribution in [2.45, 2.75) is 19.3 Å². The van der Waals surface area contributed by atoms with E-state index >= 15 is 0 Å². The van der Waals surface area contributed by atoms with Gasteiger partial charge in [-0.05, 0) is 101 Å². The van der Waals surface area contributed by atoms with Gasteiger partial charge < -0.3 is 8.83 Å². The van der Waals surface area contributed by atoms with Crippen LogP contribution in [0, 0.1) is 0 Å². The first kappa shape index (κ1) is 29.0. The minimum Gasteiger partial charge on any atom is -0.452 e. The quantitative estimate of drug-likeness (QED) is 0.170. The first-order chi connectivity index (χ1) is 26.1. The van der Waals surface area contributed by atoms with Crippen LogP contribution in [0.15, 0.2) is 167 Å². The minimum atomic E-state index is -0.0750. The van der Waals surface area contributed by atoms with Gasteiger partial charge in [0.1, 0.15) is 11.2 Å². The summed E-state index contributed by atoms with van der Waals surface area (Å²) in [7, 11) is 0. The van der Waals surface area contributed by atoms with Crippen molar-refractivity contribution in [3.05, 3.63) is 169 Å². The fraction of sp³-hybridized carbons (Fsp3) is 0.0588. The van der Waals surface area contributed by atoms with E-state index < -0.39 is 0 Å². The maximum Gasteiger partial charge on any atom is 0.179 e. The second-order valence-corrected chi connectivity index (χ2v) is 15.1. The Morgan fingerprint density at radius 2 is 0.811 bits per heavy atom. The van der Waals surface area contributed by atoms with Crippen LogP contribution < -0.4 is 0 Å². The van der Waals surface area contributed by atoms with Crippen LogP contribution in [-0.2, 0) is 5.41 Å². The Balaban J connectivity index is 1.14. The highest BCUT2D eigenvalue weighted by molar-refractivity contribution is 6.34. The highest BCUT2D eigenvalue weighted by Gasteiger charge is 2.35. The second-order valence-electron chi connectivity index (χ2n) is 15.1. The topological polar surface area (TPSA) is 26.3 Å². The lowest BCUT2D eigenvalue weighted by Crippen LogP contribution is -2.14. The average Bonchev–Trinajstić information content (AvgIpc) is 3.85. The van der Waals surface area contributed by atoms with Crippen molar-refractivity contribution < 1.29 is 8.83 Å². The summed E-state index contributed by atoms with van der Waals surface area (Å²) in [6.45, 7) is 4.72. The molecule has 1 aliphatic carbocycles. The molecule has 9 aromatic carbocycles. The van der Waals surface area contributed by atoms with E-state index in [1.54, 1.807) is 0 Å². The van der Waals surface area contributed by atoms with Crippen molar-refractivity contribution in [2.75, 3.05) is 0 Å². The molecule has 0 spiro atoms. The van der Waals surface area contributed by atoms with Gasteiger partial charge in [-0.15, -0.1) is 0 Å². The van der Waals surface area contributed by atoms with E-state index in [9.17, 15) is 0 Å². The van der Waals surface area contributed by atoms with Gasteiger partial charge in [0.05, 0.1) is 0 Å². The van der Waals surface area contributed by atoms with E-state index in [-0.39, 0.29) is 5.41 Å². The van der Waals surface area contributed by atoms with Gasteiger partial charge in [-0.25, -0.2) is 0 Å². The summed E-state index contributed by atoms with van der Waals surface area (Å²) in [5.41, 5.74) is 13.7. The lowest BCUT2D eigenvalue weighted by atomic mass is 9.80. The summed E-state index contributed by atoms with van der Waals surface area (Å²) in [6.07, 6.45) is 0. The van der Waals surface area contributed by atoms with Gasteiger partial charge in [0.15, 0.2) is 11.2 Å². The molecule has 0 saturated heterocycles. The molecule has 0 fully saturated rings. The number of rotatable bonds is 2. The maximum absolute atomic E-state index is 6.73. The molecular formula is C51H32O2. The molecule has 0 radical (unpaired) electrons. The van der Waals surface area contributed by atoms with Gasteiger partial charge in [-0.1, -0.05) is 147 Å². The van der Waals surface area contributed by atoms with Gasteiger partial charge in [0, 0.05) is 27.0 Å². The number of benzene rings is 9. The highest BCUT2D eigenvalue weighted by atomic mass is 16.4. The first-order valence-electron chi connectivity index (χ1n) is 18.4. The number of para-hydroxylation sites is 1. The van der Waals surface area contributed by atoms with E-state index in [0.29, 0.717) is 0 Å².